The van der Waals surface area contributed by atoms with Crippen LogP contribution in [0.25, 0.3) is 0 Å². The molecule has 2 atom stereocenters. The van der Waals surface area contributed by atoms with Gasteiger partial charge in [-0.2, -0.15) is 0 Å². The fourth-order valence-corrected chi connectivity index (χ4v) is 3.29. The molecule has 3 fully saturated rings. The number of nitrogens with zero attached hydrogens (tertiary/aromatic N) is 1. The van der Waals surface area contributed by atoms with Crippen molar-refractivity contribution in [3.8, 4) is 0 Å². The monoisotopic (exact) mass is 280 g/mol. The van der Waals surface area contributed by atoms with Crippen LogP contribution in [-0.4, -0.2) is 48.6 Å². The summed E-state index contributed by atoms with van der Waals surface area (Å²) in [7, 11) is 0. The second-order valence-electron chi connectivity index (χ2n) is 6.48. The summed E-state index contributed by atoms with van der Waals surface area (Å²) in [4.78, 5) is 26.6. The molecule has 5 nitrogen and oxygen atoms in total. The maximum Gasteiger partial charge on any atom is 0.245 e. The van der Waals surface area contributed by atoms with Crippen LogP contribution in [0.3, 0.4) is 0 Å². The Balaban J connectivity index is 1.71. The second kappa shape index (κ2) is 5.72. The molecule has 1 saturated carbocycles. The highest BCUT2D eigenvalue weighted by Crippen LogP contribution is 2.35. The predicted octanol–water partition coefficient (Wildman–Crippen LogP) is 0.929. The molecule has 2 unspecified atom stereocenters. The molecule has 0 aromatic rings. The first-order chi connectivity index (χ1) is 9.65. The van der Waals surface area contributed by atoms with Gasteiger partial charge < -0.3 is 15.0 Å². The molecule has 112 valence electrons. The molecule has 0 bridgehead atoms. The third-order valence-electron chi connectivity index (χ3n) is 4.77. The summed E-state index contributed by atoms with van der Waals surface area (Å²) >= 11 is 0. The number of nitrogens with one attached hydrogen (secondary N) is 1. The van der Waals surface area contributed by atoms with Crippen LogP contribution in [0.15, 0.2) is 0 Å². The summed E-state index contributed by atoms with van der Waals surface area (Å²) in [5, 5.41) is 2.93. The lowest BCUT2D eigenvalue weighted by molar-refractivity contribution is -0.136. The summed E-state index contributed by atoms with van der Waals surface area (Å²) in [6, 6.07) is -0.263. The van der Waals surface area contributed by atoms with E-state index in [9.17, 15) is 9.59 Å². The fraction of sp³-hybridized carbons (Fsp3) is 0.867. The van der Waals surface area contributed by atoms with E-state index in [4.69, 9.17) is 4.74 Å². The van der Waals surface area contributed by atoms with Crippen LogP contribution < -0.4 is 5.32 Å². The van der Waals surface area contributed by atoms with Crippen molar-refractivity contribution in [2.45, 2.75) is 51.1 Å². The summed E-state index contributed by atoms with van der Waals surface area (Å²) < 4.78 is 5.38. The van der Waals surface area contributed by atoms with Crippen molar-refractivity contribution in [2.24, 2.45) is 11.8 Å². The molecule has 0 aromatic carbocycles. The highest BCUT2D eigenvalue weighted by atomic mass is 16.5. The molecule has 1 N–H and O–H groups in total. The maximum atomic E-state index is 12.7. The minimum atomic E-state index is -0.271. The zero-order valence-electron chi connectivity index (χ0n) is 12.1. The largest absolute Gasteiger partial charge is 0.381 e. The zero-order valence-corrected chi connectivity index (χ0v) is 12.1. The first-order valence-electron chi connectivity index (χ1n) is 7.82. The van der Waals surface area contributed by atoms with E-state index in [-0.39, 0.29) is 23.9 Å². The van der Waals surface area contributed by atoms with Crippen molar-refractivity contribution in [3.05, 3.63) is 0 Å². The van der Waals surface area contributed by atoms with Crippen molar-refractivity contribution < 1.29 is 14.3 Å². The van der Waals surface area contributed by atoms with E-state index in [1.54, 1.807) is 0 Å². The molecule has 2 aliphatic heterocycles. The standard InChI is InChI=1S/C15H24N2O3/c1-10-8-13(18)16-14(12-2-3-12)15(19)17(10)9-11-4-6-20-7-5-11/h10-12,14H,2-9H2,1H3,(H,16,18). The lowest BCUT2D eigenvalue weighted by atomic mass is 9.98. The number of amides is 2. The van der Waals surface area contributed by atoms with Crippen LogP contribution in [0.5, 0.6) is 0 Å². The Bertz CT molecular complexity index is 389. The molecule has 0 spiro atoms. The van der Waals surface area contributed by atoms with Crippen LogP contribution in [0, 0.1) is 11.8 Å². The van der Waals surface area contributed by atoms with Gasteiger partial charge in [-0.1, -0.05) is 0 Å². The van der Waals surface area contributed by atoms with Gasteiger partial charge in [0.15, 0.2) is 0 Å². The van der Waals surface area contributed by atoms with E-state index in [1.165, 1.54) is 0 Å². The number of ether oxygens (including phenoxy) is 1. The number of hydrogen-bond acceptors (Lipinski definition) is 3. The summed E-state index contributed by atoms with van der Waals surface area (Å²) in [5.74, 6) is 1.05. The molecule has 0 radical (unpaired) electrons. The molecule has 0 aromatic heterocycles. The summed E-state index contributed by atoms with van der Waals surface area (Å²) in [6.07, 6.45) is 4.60. The minimum absolute atomic E-state index is 0.00842. The van der Waals surface area contributed by atoms with E-state index in [0.29, 0.717) is 18.3 Å². The van der Waals surface area contributed by atoms with Crippen LogP contribution in [0.2, 0.25) is 0 Å². The van der Waals surface area contributed by atoms with E-state index >= 15 is 0 Å². The van der Waals surface area contributed by atoms with Crippen molar-refractivity contribution >= 4 is 11.8 Å². The van der Waals surface area contributed by atoms with Crippen molar-refractivity contribution in [2.75, 3.05) is 19.8 Å². The van der Waals surface area contributed by atoms with Gasteiger partial charge in [-0.15, -0.1) is 0 Å². The van der Waals surface area contributed by atoms with E-state index in [1.807, 2.05) is 11.8 Å². The van der Waals surface area contributed by atoms with Crippen LogP contribution in [-0.2, 0) is 14.3 Å². The van der Waals surface area contributed by atoms with Crippen LogP contribution in [0.4, 0.5) is 0 Å². The Morgan fingerprint density at radius 3 is 2.55 bits per heavy atom. The van der Waals surface area contributed by atoms with Gasteiger partial charge in [-0.3, -0.25) is 9.59 Å². The molecule has 1 aliphatic carbocycles. The molecule has 2 heterocycles. The first-order valence-corrected chi connectivity index (χ1v) is 7.82. The lowest BCUT2D eigenvalue weighted by Gasteiger charge is -2.33. The Morgan fingerprint density at radius 2 is 1.90 bits per heavy atom. The van der Waals surface area contributed by atoms with E-state index in [2.05, 4.69) is 5.32 Å². The zero-order chi connectivity index (χ0) is 14.1. The summed E-state index contributed by atoms with van der Waals surface area (Å²) in [6.45, 7) is 4.36. The highest BCUT2D eigenvalue weighted by molar-refractivity contribution is 5.91. The van der Waals surface area contributed by atoms with Gasteiger partial charge >= 0.3 is 0 Å². The van der Waals surface area contributed by atoms with E-state index < -0.39 is 0 Å². The molecule has 5 heteroatoms. The predicted molar refractivity (Wildman–Crippen MR) is 74.0 cm³/mol. The second-order valence-corrected chi connectivity index (χ2v) is 6.48. The van der Waals surface area contributed by atoms with Crippen molar-refractivity contribution in [1.82, 2.24) is 10.2 Å². The molecular weight excluding hydrogens is 256 g/mol. The normalized spacial score (nSPS) is 33.0. The van der Waals surface area contributed by atoms with Crippen molar-refractivity contribution in [1.29, 1.82) is 0 Å². The summed E-state index contributed by atoms with van der Waals surface area (Å²) in [5.41, 5.74) is 0. The van der Waals surface area contributed by atoms with Gasteiger partial charge in [-0.05, 0) is 44.4 Å². The molecule has 3 aliphatic rings. The van der Waals surface area contributed by atoms with Gasteiger partial charge in [0.25, 0.3) is 0 Å². The van der Waals surface area contributed by atoms with Crippen LogP contribution in [0.1, 0.15) is 39.0 Å². The third kappa shape index (κ3) is 2.97. The Morgan fingerprint density at radius 1 is 1.20 bits per heavy atom. The molecule has 20 heavy (non-hydrogen) atoms. The van der Waals surface area contributed by atoms with E-state index in [0.717, 1.165) is 45.4 Å². The number of hydrogen-bond donors (Lipinski definition) is 1. The SMILES string of the molecule is CC1CC(=O)NC(C2CC2)C(=O)N1CC1CCOCC1. The van der Waals surface area contributed by atoms with Gasteiger partial charge in [0, 0.05) is 32.2 Å². The average molecular weight is 280 g/mol. The topological polar surface area (TPSA) is 58.6 Å². The average Bonchev–Trinajstić information content (AvgIpc) is 3.26. The highest BCUT2D eigenvalue weighted by Gasteiger charge is 2.43. The lowest BCUT2D eigenvalue weighted by Crippen LogP contribution is -2.49. The Kier molecular flexibility index (Phi) is 3.96. The molecule has 2 amide bonds. The maximum absolute atomic E-state index is 12.7. The van der Waals surface area contributed by atoms with Gasteiger partial charge in [0.05, 0.1) is 0 Å². The van der Waals surface area contributed by atoms with Crippen molar-refractivity contribution in [3.63, 3.8) is 0 Å². The first kappa shape index (κ1) is 13.9. The minimum Gasteiger partial charge on any atom is -0.381 e. The quantitative estimate of drug-likeness (QED) is 0.836. The third-order valence-corrected chi connectivity index (χ3v) is 4.77. The number of rotatable bonds is 3. The van der Waals surface area contributed by atoms with Crippen LogP contribution >= 0.6 is 0 Å². The number of carbonyl (C=O) groups excluding carboxylic acids is 2. The van der Waals surface area contributed by atoms with Gasteiger partial charge in [0.2, 0.25) is 11.8 Å². The van der Waals surface area contributed by atoms with Gasteiger partial charge in [0.1, 0.15) is 6.04 Å². The Hall–Kier alpha value is -1.10. The van der Waals surface area contributed by atoms with Gasteiger partial charge in [-0.25, -0.2) is 0 Å². The smallest absolute Gasteiger partial charge is 0.245 e. The number of carbonyl (C=O) groups is 2. The molecule has 3 rings (SSSR count). The molecule has 2 saturated heterocycles. The fourth-order valence-electron chi connectivity index (χ4n) is 3.29. The Labute approximate surface area is 120 Å². The molecular formula is C15H24N2O3.